The molecule has 13 heteroatoms. The highest BCUT2D eigenvalue weighted by Crippen LogP contribution is 2.23. The smallest absolute Gasteiger partial charge is 0.330 e. The summed E-state index contributed by atoms with van der Waals surface area (Å²) in [5.41, 5.74) is 2.05. The standard InChI is InChI=1S/C35H48N6O7/c1-23(42)18-20-40(22-30(43)37-31(35(47)48)26-11-8-7-9-12-26)34(46)29(21-25-14-16-27(17-15-25)38(4)5)39(6)33(45)28-13-10-19-41(28)32(44)24(2)36-3/h7-9,11-12,14-17,24,28-29,31,36H,10,13,18-22H2,1-6H3,(H,37,43)(H,47,48)/t24-,28+,29+,31+/m1/s1. The highest BCUT2D eigenvalue weighted by Gasteiger charge is 2.41. The Kier molecular flexibility index (Phi) is 13.7. The van der Waals surface area contributed by atoms with Gasteiger partial charge < -0.3 is 35.3 Å². The molecule has 1 heterocycles. The average Bonchev–Trinajstić information content (AvgIpc) is 3.56. The molecule has 0 spiro atoms. The van der Waals surface area contributed by atoms with Gasteiger partial charge in [0.1, 0.15) is 17.9 Å². The maximum atomic E-state index is 14.4. The Morgan fingerprint density at radius 2 is 1.62 bits per heavy atom. The first kappa shape index (κ1) is 37.7. The molecule has 4 atom stereocenters. The van der Waals surface area contributed by atoms with Crippen LogP contribution < -0.4 is 15.5 Å². The molecule has 0 aliphatic carbocycles. The Morgan fingerprint density at radius 1 is 0.979 bits per heavy atom. The number of nitrogens with one attached hydrogen (secondary N) is 2. The monoisotopic (exact) mass is 664 g/mol. The van der Waals surface area contributed by atoms with Gasteiger partial charge in [0.2, 0.25) is 23.6 Å². The van der Waals surface area contributed by atoms with Gasteiger partial charge in [0, 0.05) is 52.8 Å². The maximum Gasteiger partial charge on any atom is 0.330 e. The van der Waals surface area contributed by atoms with Gasteiger partial charge in [-0.3, -0.25) is 24.0 Å². The number of amides is 4. The van der Waals surface area contributed by atoms with Crippen molar-refractivity contribution >= 4 is 41.1 Å². The Labute approximate surface area is 282 Å². The molecule has 260 valence electrons. The number of nitrogens with zero attached hydrogens (tertiary/aromatic N) is 4. The first-order valence-electron chi connectivity index (χ1n) is 16.1. The van der Waals surface area contributed by atoms with Crippen LogP contribution in [-0.2, 0) is 35.2 Å². The van der Waals surface area contributed by atoms with Gasteiger partial charge in [-0.25, -0.2) is 4.79 Å². The van der Waals surface area contributed by atoms with Gasteiger partial charge in [0.25, 0.3) is 0 Å². The predicted molar refractivity (Wildman–Crippen MR) is 181 cm³/mol. The molecule has 0 radical (unpaired) electrons. The van der Waals surface area contributed by atoms with Crippen molar-refractivity contribution in [3.05, 3.63) is 65.7 Å². The fourth-order valence-corrected chi connectivity index (χ4v) is 5.67. The van der Waals surface area contributed by atoms with E-state index in [9.17, 15) is 33.9 Å². The minimum atomic E-state index is -1.36. The summed E-state index contributed by atoms with van der Waals surface area (Å²) in [6.07, 6.45) is 1.13. The summed E-state index contributed by atoms with van der Waals surface area (Å²) >= 11 is 0. The molecule has 48 heavy (non-hydrogen) atoms. The lowest BCUT2D eigenvalue weighted by Crippen LogP contribution is -2.57. The zero-order valence-corrected chi connectivity index (χ0v) is 28.6. The van der Waals surface area contributed by atoms with E-state index in [-0.39, 0.29) is 31.1 Å². The number of hydrogen-bond donors (Lipinski definition) is 3. The van der Waals surface area contributed by atoms with Crippen LogP contribution in [0.15, 0.2) is 54.6 Å². The number of carboxylic acid groups (broad SMARTS) is 1. The van der Waals surface area contributed by atoms with E-state index in [0.29, 0.717) is 24.9 Å². The van der Waals surface area contributed by atoms with Gasteiger partial charge in [-0.05, 0) is 57.0 Å². The van der Waals surface area contributed by atoms with Crippen LogP contribution >= 0.6 is 0 Å². The van der Waals surface area contributed by atoms with Crippen molar-refractivity contribution in [2.45, 2.75) is 63.7 Å². The number of Topliss-reactive ketones (excluding diaryl/α,β-unsaturated/α-hetero) is 1. The van der Waals surface area contributed by atoms with Crippen LogP contribution in [-0.4, -0.2) is 121 Å². The first-order chi connectivity index (χ1) is 22.7. The summed E-state index contributed by atoms with van der Waals surface area (Å²) in [6.45, 7) is 2.86. The summed E-state index contributed by atoms with van der Waals surface area (Å²) in [7, 11) is 6.99. The molecule has 13 nitrogen and oxygen atoms in total. The number of carbonyl (C=O) groups is 6. The summed E-state index contributed by atoms with van der Waals surface area (Å²) < 4.78 is 0. The number of aliphatic carboxylic acids is 1. The third-order valence-electron chi connectivity index (χ3n) is 8.67. The van der Waals surface area contributed by atoms with Crippen molar-refractivity contribution in [2.75, 3.05) is 52.7 Å². The molecular formula is C35H48N6O7. The summed E-state index contributed by atoms with van der Waals surface area (Å²) in [5.74, 6) is -3.41. The number of hydrogen-bond acceptors (Lipinski definition) is 8. The molecule has 0 saturated carbocycles. The van der Waals surface area contributed by atoms with E-state index >= 15 is 0 Å². The summed E-state index contributed by atoms with van der Waals surface area (Å²) in [4.78, 5) is 85.0. The predicted octanol–water partition coefficient (Wildman–Crippen LogP) is 1.47. The van der Waals surface area contributed by atoms with Crippen molar-refractivity contribution in [3.8, 4) is 0 Å². The Bertz CT molecular complexity index is 1450. The first-order valence-corrected chi connectivity index (χ1v) is 16.1. The Hall–Kier alpha value is -4.78. The third-order valence-corrected chi connectivity index (χ3v) is 8.67. The third kappa shape index (κ3) is 9.86. The summed E-state index contributed by atoms with van der Waals surface area (Å²) in [6, 6.07) is 12.0. The second kappa shape index (κ2) is 17.4. The zero-order valence-electron chi connectivity index (χ0n) is 28.6. The Morgan fingerprint density at radius 3 is 2.19 bits per heavy atom. The molecule has 2 aromatic carbocycles. The van der Waals surface area contributed by atoms with E-state index in [1.807, 2.05) is 43.3 Å². The molecular weight excluding hydrogens is 616 g/mol. The number of benzene rings is 2. The van der Waals surface area contributed by atoms with Crippen LogP contribution in [0.25, 0.3) is 0 Å². The van der Waals surface area contributed by atoms with Crippen molar-refractivity contribution in [1.82, 2.24) is 25.3 Å². The van der Waals surface area contributed by atoms with E-state index in [2.05, 4.69) is 10.6 Å². The minimum Gasteiger partial charge on any atom is -0.479 e. The van der Waals surface area contributed by atoms with Gasteiger partial charge in [0.15, 0.2) is 6.04 Å². The van der Waals surface area contributed by atoms with Crippen LogP contribution in [0, 0.1) is 0 Å². The second-order valence-corrected chi connectivity index (χ2v) is 12.4. The number of carbonyl (C=O) groups excluding carboxylic acids is 5. The number of rotatable bonds is 16. The van der Waals surface area contributed by atoms with Gasteiger partial charge in [-0.2, -0.15) is 0 Å². The fraction of sp³-hybridized carbons (Fsp3) is 0.486. The lowest BCUT2D eigenvalue weighted by molar-refractivity contribution is -0.151. The largest absolute Gasteiger partial charge is 0.479 e. The molecule has 0 aromatic heterocycles. The lowest BCUT2D eigenvalue weighted by atomic mass is 10.0. The molecule has 1 saturated heterocycles. The van der Waals surface area contributed by atoms with Crippen LogP contribution in [0.1, 0.15) is 50.3 Å². The molecule has 0 unspecified atom stereocenters. The molecule has 1 fully saturated rings. The molecule has 0 bridgehead atoms. The minimum absolute atomic E-state index is 0.0468. The topological polar surface area (TPSA) is 160 Å². The molecule has 1 aliphatic rings. The molecule has 2 aromatic rings. The number of likely N-dealkylation sites (tertiary alicyclic amines) is 1. The number of likely N-dealkylation sites (N-methyl/N-ethyl adjacent to an activating group) is 2. The highest BCUT2D eigenvalue weighted by atomic mass is 16.4. The molecule has 3 rings (SSSR count). The van der Waals surface area contributed by atoms with Crippen molar-refractivity contribution in [3.63, 3.8) is 0 Å². The number of ketones is 1. The van der Waals surface area contributed by atoms with Gasteiger partial charge in [0.05, 0.1) is 12.6 Å². The van der Waals surface area contributed by atoms with Gasteiger partial charge >= 0.3 is 5.97 Å². The average molecular weight is 665 g/mol. The second-order valence-electron chi connectivity index (χ2n) is 12.4. The number of carboxylic acids is 1. The van der Waals surface area contributed by atoms with Crippen molar-refractivity contribution < 1.29 is 33.9 Å². The van der Waals surface area contributed by atoms with Gasteiger partial charge in [-0.1, -0.05) is 42.5 Å². The van der Waals surface area contributed by atoms with E-state index in [4.69, 9.17) is 0 Å². The van der Waals surface area contributed by atoms with Crippen molar-refractivity contribution in [2.24, 2.45) is 0 Å². The zero-order chi connectivity index (χ0) is 35.5. The van der Waals surface area contributed by atoms with Crippen molar-refractivity contribution in [1.29, 1.82) is 0 Å². The highest BCUT2D eigenvalue weighted by molar-refractivity contribution is 5.95. The van der Waals surface area contributed by atoms with Crippen LogP contribution in [0.3, 0.4) is 0 Å². The molecule has 1 aliphatic heterocycles. The number of anilines is 1. The van der Waals surface area contributed by atoms with Crippen LogP contribution in [0.2, 0.25) is 0 Å². The molecule has 4 amide bonds. The normalized spacial score (nSPS) is 16.0. The van der Waals surface area contributed by atoms with E-state index in [1.54, 1.807) is 49.2 Å². The SMILES string of the molecule is CN[C@H](C)C(=O)N1CCC[C@H]1C(=O)N(C)[C@@H](Cc1ccc(N(C)C)cc1)C(=O)N(CCC(C)=O)CC(=O)N[C@H](C(=O)O)c1ccccc1. The molecule has 3 N–H and O–H groups in total. The maximum absolute atomic E-state index is 14.4. The van der Waals surface area contributed by atoms with Crippen LogP contribution in [0.5, 0.6) is 0 Å². The Balaban J connectivity index is 1.95. The fourth-order valence-electron chi connectivity index (χ4n) is 5.67. The summed E-state index contributed by atoms with van der Waals surface area (Å²) in [5, 5.41) is 15.2. The van der Waals surface area contributed by atoms with E-state index < -0.39 is 54.4 Å². The lowest BCUT2D eigenvalue weighted by Gasteiger charge is -2.36. The van der Waals surface area contributed by atoms with Crippen LogP contribution in [0.4, 0.5) is 5.69 Å². The quantitative estimate of drug-likeness (QED) is 0.242. The van der Waals surface area contributed by atoms with E-state index in [0.717, 1.165) is 11.3 Å². The van der Waals surface area contributed by atoms with E-state index in [1.165, 1.54) is 23.8 Å². The van der Waals surface area contributed by atoms with Gasteiger partial charge in [-0.15, -0.1) is 0 Å².